The largest absolute Gasteiger partial charge is 0.324 e. The Balaban J connectivity index is 2.47. The van der Waals surface area contributed by atoms with E-state index >= 15 is 0 Å². The van der Waals surface area contributed by atoms with Crippen molar-refractivity contribution in [3.8, 4) is 0 Å². The number of aryl methyl sites for hydroxylation is 1. The molecule has 1 unspecified atom stereocenters. The number of anilines is 1. The summed E-state index contributed by atoms with van der Waals surface area (Å²) in [4.78, 5) is 11.3. The van der Waals surface area contributed by atoms with Gasteiger partial charge in [-0.25, -0.2) is 0 Å². The number of carbonyl (C=O) groups excluding carboxylic acids is 1. The molecule has 2 nitrogen and oxygen atoms in total. The molecule has 1 atom stereocenters. The maximum absolute atomic E-state index is 11.3. The first-order valence-corrected chi connectivity index (χ1v) is 5.92. The highest BCUT2D eigenvalue weighted by Gasteiger charge is 2.30. The molecule has 0 aromatic heterocycles. The van der Waals surface area contributed by atoms with Crippen LogP contribution in [0.5, 0.6) is 0 Å². The number of fused-ring (bicyclic) bond motifs is 1. The molecular weight excluding hydrogens is 265 g/mol. The summed E-state index contributed by atoms with van der Waals surface area (Å²) in [5.41, 5.74) is 2.93. The van der Waals surface area contributed by atoms with Crippen molar-refractivity contribution in [3.63, 3.8) is 0 Å². The van der Waals surface area contributed by atoms with Gasteiger partial charge in [0.1, 0.15) is 5.38 Å². The Morgan fingerprint density at radius 1 is 1.50 bits per heavy atom. The van der Waals surface area contributed by atoms with Gasteiger partial charge in [0.05, 0.1) is 0 Å². The summed E-state index contributed by atoms with van der Waals surface area (Å²) < 4.78 is 0. The molecule has 2 rings (SSSR count). The fraction of sp³-hybridized carbons (Fsp3) is 0.300. The number of rotatable bonds is 2. The first-order chi connectivity index (χ1) is 6.74. The number of hydrogen-bond donors (Lipinski definition) is 1. The van der Waals surface area contributed by atoms with Crippen molar-refractivity contribution < 1.29 is 4.79 Å². The molecule has 14 heavy (non-hydrogen) atoms. The summed E-state index contributed by atoms with van der Waals surface area (Å²) in [7, 11) is 0. The summed E-state index contributed by atoms with van der Waals surface area (Å²) in [6, 6.07) is 5.83. The van der Waals surface area contributed by atoms with Gasteiger partial charge >= 0.3 is 0 Å². The van der Waals surface area contributed by atoms with Crippen molar-refractivity contribution in [3.05, 3.63) is 29.3 Å². The lowest BCUT2D eigenvalue weighted by Gasteiger charge is -2.06. The second-order valence-corrected chi connectivity index (χ2v) is 4.40. The Bertz CT molecular complexity index is 380. The van der Waals surface area contributed by atoms with E-state index in [4.69, 9.17) is 11.6 Å². The van der Waals surface area contributed by atoms with E-state index in [0.717, 1.165) is 28.6 Å². The number of halogens is 2. The number of nitrogens with one attached hydrogen (secondary N) is 1. The van der Waals surface area contributed by atoms with Gasteiger partial charge in [-0.15, -0.1) is 11.6 Å². The molecule has 0 radical (unpaired) electrons. The average Bonchev–Trinajstić information content (AvgIpc) is 2.45. The molecule has 0 aliphatic carbocycles. The fourth-order valence-electron chi connectivity index (χ4n) is 1.67. The molecule has 0 bridgehead atoms. The molecule has 0 spiro atoms. The molecule has 1 amide bonds. The lowest BCUT2D eigenvalue weighted by Crippen LogP contribution is -2.07. The van der Waals surface area contributed by atoms with Gasteiger partial charge in [0.25, 0.3) is 0 Å². The van der Waals surface area contributed by atoms with Crippen LogP contribution in [0.1, 0.15) is 16.5 Å². The van der Waals surface area contributed by atoms with Gasteiger partial charge < -0.3 is 5.32 Å². The Labute approximate surface area is 95.8 Å². The molecular formula is C10H9BrClNO. The van der Waals surface area contributed by atoms with Crippen molar-refractivity contribution in [1.29, 1.82) is 0 Å². The van der Waals surface area contributed by atoms with Crippen LogP contribution in [0.3, 0.4) is 0 Å². The average molecular weight is 275 g/mol. The third kappa shape index (κ3) is 1.55. The van der Waals surface area contributed by atoms with Gasteiger partial charge in [-0.3, -0.25) is 4.79 Å². The van der Waals surface area contributed by atoms with E-state index < -0.39 is 5.38 Å². The van der Waals surface area contributed by atoms with Crippen LogP contribution < -0.4 is 5.32 Å². The van der Waals surface area contributed by atoms with Crippen molar-refractivity contribution in [2.75, 3.05) is 10.6 Å². The molecule has 4 heteroatoms. The number of amides is 1. The Morgan fingerprint density at radius 3 is 3.00 bits per heavy atom. The minimum Gasteiger partial charge on any atom is -0.324 e. The number of carbonyl (C=O) groups is 1. The summed E-state index contributed by atoms with van der Waals surface area (Å²) >= 11 is 9.39. The fourth-order valence-corrected chi connectivity index (χ4v) is 2.41. The van der Waals surface area contributed by atoms with Crippen LogP contribution in [-0.4, -0.2) is 11.2 Å². The van der Waals surface area contributed by atoms with Crippen molar-refractivity contribution in [2.45, 2.75) is 11.8 Å². The van der Waals surface area contributed by atoms with Crippen LogP contribution in [0.25, 0.3) is 0 Å². The van der Waals surface area contributed by atoms with Crippen molar-refractivity contribution >= 4 is 39.1 Å². The first-order valence-electron chi connectivity index (χ1n) is 4.36. The van der Waals surface area contributed by atoms with Crippen LogP contribution in [0.2, 0.25) is 0 Å². The van der Waals surface area contributed by atoms with E-state index in [9.17, 15) is 4.79 Å². The van der Waals surface area contributed by atoms with E-state index in [1.165, 1.54) is 0 Å². The molecule has 0 saturated heterocycles. The van der Waals surface area contributed by atoms with E-state index in [2.05, 4.69) is 21.2 Å². The molecule has 0 fully saturated rings. The minimum atomic E-state index is -0.528. The molecule has 1 aliphatic heterocycles. The smallest absolute Gasteiger partial charge is 0.247 e. The van der Waals surface area contributed by atoms with Gasteiger partial charge in [-0.2, -0.15) is 0 Å². The zero-order valence-electron chi connectivity index (χ0n) is 7.39. The lowest BCUT2D eigenvalue weighted by atomic mass is 10.0. The van der Waals surface area contributed by atoms with Gasteiger partial charge in [0, 0.05) is 16.6 Å². The summed E-state index contributed by atoms with van der Waals surface area (Å²) in [6.45, 7) is 0. The first kappa shape index (κ1) is 9.99. The molecule has 1 aliphatic rings. The van der Waals surface area contributed by atoms with E-state index in [1.807, 2.05) is 18.2 Å². The van der Waals surface area contributed by atoms with Gasteiger partial charge in [-0.05, 0) is 18.1 Å². The number of benzene rings is 1. The zero-order valence-corrected chi connectivity index (χ0v) is 9.73. The van der Waals surface area contributed by atoms with Crippen molar-refractivity contribution in [1.82, 2.24) is 0 Å². The van der Waals surface area contributed by atoms with Crippen LogP contribution in [-0.2, 0) is 11.2 Å². The monoisotopic (exact) mass is 273 g/mol. The summed E-state index contributed by atoms with van der Waals surface area (Å²) in [5.74, 6) is -0.122. The highest BCUT2D eigenvalue weighted by Crippen LogP contribution is 2.37. The number of hydrogen-bond acceptors (Lipinski definition) is 1. The zero-order chi connectivity index (χ0) is 10.1. The minimum absolute atomic E-state index is 0.122. The standard InChI is InChI=1S/C10H9BrClNO/c11-5-4-6-2-1-3-7-8(6)9(12)10(14)13-7/h1-3,9H,4-5H2,(H,13,14). The normalized spacial score (nSPS) is 19.3. The highest BCUT2D eigenvalue weighted by atomic mass is 79.9. The third-order valence-corrected chi connectivity index (χ3v) is 3.11. The predicted molar refractivity (Wildman–Crippen MR) is 61.2 cm³/mol. The van der Waals surface area contributed by atoms with E-state index in [0.29, 0.717) is 0 Å². The van der Waals surface area contributed by atoms with Gasteiger partial charge in [0.15, 0.2) is 0 Å². The maximum Gasteiger partial charge on any atom is 0.247 e. The van der Waals surface area contributed by atoms with Crippen molar-refractivity contribution in [2.24, 2.45) is 0 Å². The van der Waals surface area contributed by atoms with E-state index in [1.54, 1.807) is 0 Å². The van der Waals surface area contributed by atoms with Crippen LogP contribution >= 0.6 is 27.5 Å². The molecule has 1 N–H and O–H groups in total. The SMILES string of the molecule is O=C1Nc2cccc(CCBr)c2C1Cl. The summed E-state index contributed by atoms with van der Waals surface area (Å²) in [6.07, 6.45) is 0.890. The second-order valence-electron chi connectivity index (χ2n) is 3.17. The molecule has 1 aromatic carbocycles. The molecule has 74 valence electrons. The maximum atomic E-state index is 11.3. The quantitative estimate of drug-likeness (QED) is 0.826. The molecule has 1 aromatic rings. The lowest BCUT2D eigenvalue weighted by molar-refractivity contribution is -0.115. The van der Waals surface area contributed by atoms with E-state index in [-0.39, 0.29) is 5.91 Å². The topological polar surface area (TPSA) is 29.1 Å². The molecule has 0 saturated carbocycles. The molecule has 1 heterocycles. The predicted octanol–water partition coefficient (Wildman–Crippen LogP) is 2.86. The Hall–Kier alpha value is -0.540. The second kappa shape index (κ2) is 3.91. The van der Waals surface area contributed by atoms with Crippen LogP contribution in [0.4, 0.5) is 5.69 Å². The third-order valence-electron chi connectivity index (χ3n) is 2.30. The van der Waals surface area contributed by atoms with Gasteiger partial charge in [0.2, 0.25) is 5.91 Å². The number of alkyl halides is 2. The highest BCUT2D eigenvalue weighted by molar-refractivity contribution is 9.09. The van der Waals surface area contributed by atoms with Gasteiger partial charge in [-0.1, -0.05) is 28.1 Å². The van der Waals surface area contributed by atoms with Crippen LogP contribution in [0, 0.1) is 0 Å². The van der Waals surface area contributed by atoms with Crippen LogP contribution in [0.15, 0.2) is 18.2 Å². The Morgan fingerprint density at radius 2 is 2.29 bits per heavy atom. The Kier molecular flexibility index (Phi) is 2.79. The summed E-state index contributed by atoms with van der Waals surface area (Å²) in [5, 5.41) is 3.11.